The molecule has 2 aromatic rings. The van der Waals surface area contributed by atoms with E-state index < -0.39 is 0 Å². The summed E-state index contributed by atoms with van der Waals surface area (Å²) >= 11 is 0. The zero-order chi connectivity index (χ0) is 12.1. The van der Waals surface area contributed by atoms with Crippen LogP contribution in [0.1, 0.15) is 11.1 Å². The highest BCUT2D eigenvalue weighted by molar-refractivity contribution is 5.64. The minimum absolute atomic E-state index is 0.348. The quantitative estimate of drug-likeness (QED) is 0.823. The van der Waals surface area contributed by atoms with Crippen LogP contribution in [0, 0.1) is 22.7 Å². The molecule has 0 bridgehead atoms. The lowest BCUT2D eigenvalue weighted by Gasteiger charge is -2.05. The van der Waals surface area contributed by atoms with Gasteiger partial charge in [-0.2, -0.15) is 10.5 Å². The summed E-state index contributed by atoms with van der Waals surface area (Å²) in [7, 11) is 0. The van der Waals surface area contributed by atoms with Crippen LogP contribution >= 0.6 is 0 Å². The number of rotatable bonds is 2. The van der Waals surface area contributed by atoms with E-state index >= 15 is 0 Å². The summed E-state index contributed by atoms with van der Waals surface area (Å²) in [5, 5.41) is 20.6. The van der Waals surface area contributed by atoms with Crippen LogP contribution in [0.4, 0.5) is 11.6 Å². The molecular formula is C11H6N6. The second kappa shape index (κ2) is 4.69. The van der Waals surface area contributed by atoms with Crippen molar-refractivity contribution in [2.24, 2.45) is 0 Å². The summed E-state index contributed by atoms with van der Waals surface area (Å²) < 4.78 is 0. The maximum absolute atomic E-state index is 8.96. The molecular weight excluding hydrogens is 216 g/mol. The van der Waals surface area contributed by atoms with Gasteiger partial charge in [0.15, 0.2) is 0 Å². The van der Waals surface area contributed by atoms with Crippen molar-refractivity contribution in [2.75, 3.05) is 5.32 Å². The Bertz CT molecular complexity index is 608. The molecule has 6 nitrogen and oxygen atoms in total. The average molecular weight is 222 g/mol. The predicted octanol–water partition coefficient (Wildman–Crippen LogP) is 1.36. The van der Waals surface area contributed by atoms with Crippen LogP contribution in [0.15, 0.2) is 30.9 Å². The molecule has 0 radical (unpaired) electrons. The molecule has 0 saturated carbocycles. The third kappa shape index (κ3) is 2.33. The standard InChI is InChI=1S/C11H6N6/c12-4-8-1-2-10(9(3-8)5-13)17-11-15-6-14-7-16-11/h1-3,6-7H,(H,14,15,16,17). The summed E-state index contributed by atoms with van der Waals surface area (Å²) in [6.45, 7) is 0. The third-order valence-corrected chi connectivity index (χ3v) is 2.01. The lowest BCUT2D eigenvalue weighted by Crippen LogP contribution is -1.99. The summed E-state index contributed by atoms with van der Waals surface area (Å²) in [6, 6.07) is 8.74. The van der Waals surface area contributed by atoms with Crippen molar-refractivity contribution in [3.05, 3.63) is 42.0 Å². The fourth-order valence-electron chi connectivity index (χ4n) is 1.24. The normalized spacial score (nSPS) is 9.06. The van der Waals surface area contributed by atoms with Crippen LogP contribution in [0.2, 0.25) is 0 Å². The van der Waals surface area contributed by atoms with Gasteiger partial charge in [-0.05, 0) is 18.2 Å². The van der Waals surface area contributed by atoms with Gasteiger partial charge >= 0.3 is 0 Å². The second-order valence-corrected chi connectivity index (χ2v) is 3.07. The molecule has 0 aliphatic heterocycles. The number of hydrogen-bond donors (Lipinski definition) is 1. The van der Waals surface area contributed by atoms with Crippen LogP contribution in [0.25, 0.3) is 0 Å². The predicted molar refractivity (Wildman–Crippen MR) is 59.0 cm³/mol. The Morgan fingerprint density at radius 3 is 2.47 bits per heavy atom. The number of aromatic nitrogens is 3. The second-order valence-electron chi connectivity index (χ2n) is 3.07. The highest BCUT2D eigenvalue weighted by atomic mass is 15.1. The van der Waals surface area contributed by atoms with Crippen molar-refractivity contribution < 1.29 is 0 Å². The number of hydrogen-bond acceptors (Lipinski definition) is 6. The van der Waals surface area contributed by atoms with Crippen molar-refractivity contribution in [1.29, 1.82) is 10.5 Å². The highest BCUT2D eigenvalue weighted by Gasteiger charge is 2.04. The Morgan fingerprint density at radius 2 is 1.82 bits per heavy atom. The van der Waals surface area contributed by atoms with Gasteiger partial charge in [-0.15, -0.1) is 0 Å². The summed E-state index contributed by atoms with van der Waals surface area (Å²) in [5.41, 5.74) is 1.35. The van der Waals surface area contributed by atoms with Crippen LogP contribution in [-0.4, -0.2) is 15.0 Å². The van der Waals surface area contributed by atoms with Gasteiger partial charge in [0.1, 0.15) is 18.7 Å². The van der Waals surface area contributed by atoms with Crippen LogP contribution < -0.4 is 5.32 Å². The molecule has 1 N–H and O–H groups in total. The molecule has 17 heavy (non-hydrogen) atoms. The van der Waals surface area contributed by atoms with E-state index in [1.165, 1.54) is 18.7 Å². The monoisotopic (exact) mass is 222 g/mol. The van der Waals surface area contributed by atoms with E-state index in [-0.39, 0.29) is 0 Å². The van der Waals surface area contributed by atoms with Crippen molar-refractivity contribution in [1.82, 2.24) is 15.0 Å². The molecule has 0 spiro atoms. The van der Waals surface area contributed by atoms with E-state index in [4.69, 9.17) is 10.5 Å². The molecule has 80 valence electrons. The van der Waals surface area contributed by atoms with Crippen molar-refractivity contribution in [3.63, 3.8) is 0 Å². The first kappa shape index (κ1) is 10.5. The van der Waals surface area contributed by atoms with E-state index in [1.54, 1.807) is 12.1 Å². The van der Waals surface area contributed by atoms with Gasteiger partial charge in [0.05, 0.1) is 22.9 Å². The lowest BCUT2D eigenvalue weighted by atomic mass is 10.1. The van der Waals surface area contributed by atoms with Crippen molar-refractivity contribution in [2.45, 2.75) is 0 Å². The molecule has 1 heterocycles. The minimum atomic E-state index is 0.348. The Balaban J connectivity index is 2.35. The molecule has 0 amide bonds. The zero-order valence-electron chi connectivity index (χ0n) is 8.62. The fourth-order valence-corrected chi connectivity index (χ4v) is 1.24. The molecule has 0 saturated heterocycles. The topological polar surface area (TPSA) is 98.3 Å². The maximum Gasteiger partial charge on any atom is 0.230 e. The van der Waals surface area contributed by atoms with Gasteiger partial charge in [0, 0.05) is 0 Å². The van der Waals surface area contributed by atoms with Gasteiger partial charge in [0.2, 0.25) is 5.95 Å². The van der Waals surface area contributed by atoms with Crippen LogP contribution in [0.5, 0.6) is 0 Å². The van der Waals surface area contributed by atoms with Gasteiger partial charge in [0.25, 0.3) is 0 Å². The maximum atomic E-state index is 8.96. The molecule has 1 aromatic carbocycles. The van der Waals surface area contributed by atoms with Crippen LogP contribution in [0.3, 0.4) is 0 Å². The van der Waals surface area contributed by atoms with E-state index in [1.807, 2.05) is 12.1 Å². The molecule has 2 rings (SSSR count). The SMILES string of the molecule is N#Cc1ccc(Nc2ncncn2)c(C#N)c1. The Labute approximate surface area is 97.2 Å². The molecule has 0 atom stereocenters. The number of nitrogens with zero attached hydrogens (tertiary/aromatic N) is 5. The molecule has 1 aromatic heterocycles. The van der Waals surface area contributed by atoms with Gasteiger partial charge in [-0.3, -0.25) is 0 Å². The van der Waals surface area contributed by atoms with Crippen LogP contribution in [-0.2, 0) is 0 Å². The smallest absolute Gasteiger partial charge is 0.230 e. The number of anilines is 2. The zero-order valence-corrected chi connectivity index (χ0v) is 8.62. The molecule has 0 aliphatic rings. The fraction of sp³-hybridized carbons (Fsp3) is 0. The number of benzene rings is 1. The largest absolute Gasteiger partial charge is 0.323 e. The molecule has 6 heteroatoms. The van der Waals surface area contributed by atoms with Crippen molar-refractivity contribution in [3.8, 4) is 12.1 Å². The Morgan fingerprint density at radius 1 is 1.06 bits per heavy atom. The lowest BCUT2D eigenvalue weighted by molar-refractivity contribution is 1.05. The van der Waals surface area contributed by atoms with Gasteiger partial charge in [-0.1, -0.05) is 0 Å². The molecule has 0 unspecified atom stereocenters. The first-order chi connectivity index (χ1) is 8.33. The summed E-state index contributed by atoms with van der Waals surface area (Å²) in [6.07, 6.45) is 2.70. The first-order valence-corrected chi connectivity index (χ1v) is 4.67. The Kier molecular flexibility index (Phi) is 2.90. The highest BCUT2D eigenvalue weighted by Crippen LogP contribution is 2.18. The average Bonchev–Trinajstić information content (AvgIpc) is 2.40. The van der Waals surface area contributed by atoms with E-state index in [2.05, 4.69) is 20.3 Å². The third-order valence-electron chi connectivity index (χ3n) is 2.01. The summed E-state index contributed by atoms with van der Waals surface area (Å²) in [4.78, 5) is 11.5. The molecule has 0 fully saturated rings. The van der Waals surface area contributed by atoms with E-state index in [0.717, 1.165) is 0 Å². The first-order valence-electron chi connectivity index (χ1n) is 4.67. The minimum Gasteiger partial charge on any atom is -0.323 e. The van der Waals surface area contributed by atoms with Crippen molar-refractivity contribution >= 4 is 11.6 Å². The van der Waals surface area contributed by atoms with E-state index in [9.17, 15) is 0 Å². The van der Waals surface area contributed by atoms with Gasteiger partial charge < -0.3 is 5.32 Å². The number of nitrogens with one attached hydrogen (secondary N) is 1. The van der Waals surface area contributed by atoms with E-state index in [0.29, 0.717) is 22.8 Å². The molecule has 0 aliphatic carbocycles. The Hall–Kier alpha value is -2.99. The van der Waals surface area contributed by atoms with Gasteiger partial charge in [-0.25, -0.2) is 15.0 Å². The number of nitriles is 2. The summed E-state index contributed by atoms with van der Waals surface area (Å²) in [5.74, 6) is 0.348.